The molecule has 0 spiro atoms. The average Bonchev–Trinajstić information content (AvgIpc) is 3.16. The molecule has 7 heteroatoms. The van der Waals surface area contributed by atoms with Crippen molar-refractivity contribution in [3.05, 3.63) is 29.8 Å². The smallest absolute Gasteiger partial charge is 0.276 e. The number of nitrogens with zero attached hydrogens (tertiary/aromatic N) is 5. The van der Waals surface area contributed by atoms with Gasteiger partial charge in [-0.15, -0.1) is 0 Å². The first-order chi connectivity index (χ1) is 9.80. The molecule has 7 nitrogen and oxygen atoms in total. The van der Waals surface area contributed by atoms with Gasteiger partial charge in [-0.3, -0.25) is 0 Å². The zero-order valence-corrected chi connectivity index (χ0v) is 11.2. The van der Waals surface area contributed by atoms with Crippen LogP contribution in [-0.4, -0.2) is 25.3 Å². The molecule has 0 aliphatic heterocycles. The Labute approximate surface area is 115 Å². The minimum absolute atomic E-state index is 0.388. The van der Waals surface area contributed by atoms with E-state index in [2.05, 4.69) is 25.3 Å². The van der Waals surface area contributed by atoms with Gasteiger partial charge in [0.15, 0.2) is 11.6 Å². The van der Waals surface area contributed by atoms with Crippen molar-refractivity contribution in [2.24, 2.45) is 0 Å². The van der Waals surface area contributed by atoms with Crippen LogP contribution >= 0.6 is 0 Å². The molecule has 0 unspecified atom stereocenters. The predicted molar refractivity (Wildman–Crippen MR) is 69.6 cm³/mol. The Morgan fingerprint density at radius 2 is 1.30 bits per heavy atom. The fraction of sp³-hybridized carbons (Fsp3) is 0.308. The summed E-state index contributed by atoms with van der Waals surface area (Å²) in [5.74, 6) is 2.08. The average molecular weight is 271 g/mol. The van der Waals surface area contributed by atoms with Crippen LogP contribution in [0.5, 0.6) is 0 Å². The van der Waals surface area contributed by atoms with E-state index >= 15 is 0 Å². The van der Waals surface area contributed by atoms with Gasteiger partial charge in [0.2, 0.25) is 0 Å². The van der Waals surface area contributed by atoms with Crippen LogP contribution in [0.15, 0.2) is 27.2 Å². The maximum absolute atomic E-state index is 5.17. The molecule has 0 aromatic carbocycles. The zero-order valence-electron chi connectivity index (χ0n) is 11.2. The quantitative estimate of drug-likeness (QED) is 0.719. The van der Waals surface area contributed by atoms with E-state index in [0.29, 0.717) is 47.7 Å². The van der Waals surface area contributed by atoms with E-state index in [9.17, 15) is 0 Å². The predicted octanol–water partition coefficient (Wildman–Crippen LogP) is 2.31. The van der Waals surface area contributed by atoms with E-state index in [1.165, 1.54) is 0 Å². The summed E-state index contributed by atoms with van der Waals surface area (Å²) in [7, 11) is 0. The van der Waals surface area contributed by atoms with Crippen LogP contribution < -0.4 is 0 Å². The Morgan fingerprint density at radius 3 is 1.70 bits per heavy atom. The molecule has 3 aromatic heterocycles. The van der Waals surface area contributed by atoms with E-state index in [1.807, 2.05) is 19.9 Å². The van der Waals surface area contributed by atoms with Gasteiger partial charge in [-0.1, -0.05) is 30.2 Å². The molecule has 0 N–H and O–H groups in total. The van der Waals surface area contributed by atoms with Crippen LogP contribution in [0.3, 0.4) is 0 Å². The molecule has 0 atom stereocenters. The molecule has 3 rings (SSSR count). The van der Waals surface area contributed by atoms with Crippen molar-refractivity contribution < 1.29 is 9.05 Å². The Hall–Kier alpha value is -2.57. The molecule has 0 radical (unpaired) electrons. The van der Waals surface area contributed by atoms with Gasteiger partial charge in [0.05, 0.1) is 0 Å². The molecule has 0 aliphatic rings. The molecule has 0 bridgehead atoms. The Kier molecular flexibility index (Phi) is 3.24. The number of aryl methyl sites for hydroxylation is 2. The highest BCUT2D eigenvalue weighted by Gasteiger charge is 2.13. The number of hydrogen-bond acceptors (Lipinski definition) is 7. The lowest BCUT2D eigenvalue weighted by Crippen LogP contribution is -1.89. The summed E-state index contributed by atoms with van der Waals surface area (Å²) in [5.41, 5.74) is 1.18. The standard InChI is InChI=1S/C13H13N5O2/c1-3-10-15-12(19-17-10)8-6-5-7-9(14-8)13-16-11(4-2)18-20-13/h5-7H,3-4H2,1-2H3. The second kappa shape index (κ2) is 5.20. The maximum Gasteiger partial charge on any atom is 0.276 e. The fourth-order valence-corrected chi connectivity index (χ4v) is 1.68. The minimum Gasteiger partial charge on any atom is -0.332 e. The third-order valence-corrected chi connectivity index (χ3v) is 2.76. The second-order valence-corrected chi connectivity index (χ2v) is 4.15. The maximum atomic E-state index is 5.17. The van der Waals surface area contributed by atoms with Crippen molar-refractivity contribution in [2.45, 2.75) is 26.7 Å². The van der Waals surface area contributed by atoms with E-state index < -0.39 is 0 Å². The van der Waals surface area contributed by atoms with Crippen LogP contribution in [0.4, 0.5) is 0 Å². The second-order valence-electron chi connectivity index (χ2n) is 4.15. The molecule has 0 fully saturated rings. The normalized spacial score (nSPS) is 10.9. The molecule has 0 saturated heterocycles. The molecule has 20 heavy (non-hydrogen) atoms. The minimum atomic E-state index is 0.388. The number of aromatic nitrogens is 5. The summed E-state index contributed by atoms with van der Waals surface area (Å²) in [6, 6.07) is 5.43. The topological polar surface area (TPSA) is 90.7 Å². The van der Waals surface area contributed by atoms with Gasteiger partial charge in [0.1, 0.15) is 11.4 Å². The first-order valence-electron chi connectivity index (χ1n) is 6.43. The van der Waals surface area contributed by atoms with Crippen LogP contribution in [0, 0.1) is 0 Å². The van der Waals surface area contributed by atoms with Gasteiger partial charge < -0.3 is 9.05 Å². The lowest BCUT2D eigenvalue weighted by molar-refractivity contribution is 0.419. The summed E-state index contributed by atoms with van der Waals surface area (Å²) >= 11 is 0. The lowest BCUT2D eigenvalue weighted by Gasteiger charge is -1.96. The van der Waals surface area contributed by atoms with E-state index in [4.69, 9.17) is 9.05 Å². The summed E-state index contributed by atoms with van der Waals surface area (Å²) in [4.78, 5) is 12.9. The summed E-state index contributed by atoms with van der Waals surface area (Å²) in [6.07, 6.45) is 1.43. The SMILES string of the molecule is CCc1noc(-c2cccc(-c3nc(CC)no3)n2)n1. The first-order valence-corrected chi connectivity index (χ1v) is 6.43. The highest BCUT2D eigenvalue weighted by atomic mass is 16.5. The van der Waals surface area contributed by atoms with Crippen molar-refractivity contribution in [3.8, 4) is 23.2 Å². The monoisotopic (exact) mass is 271 g/mol. The number of hydrogen-bond donors (Lipinski definition) is 0. The molecule has 0 saturated carbocycles. The molecular formula is C13H13N5O2. The fourth-order valence-electron chi connectivity index (χ4n) is 1.68. The molecular weight excluding hydrogens is 258 g/mol. The Morgan fingerprint density at radius 1 is 0.800 bits per heavy atom. The summed E-state index contributed by atoms with van der Waals surface area (Å²) in [5, 5.41) is 7.71. The van der Waals surface area contributed by atoms with Gasteiger partial charge in [-0.2, -0.15) is 9.97 Å². The van der Waals surface area contributed by atoms with Crippen molar-refractivity contribution in [1.82, 2.24) is 25.3 Å². The van der Waals surface area contributed by atoms with Crippen molar-refractivity contribution in [1.29, 1.82) is 0 Å². The number of rotatable bonds is 4. The lowest BCUT2D eigenvalue weighted by atomic mass is 10.3. The Balaban J connectivity index is 1.96. The highest BCUT2D eigenvalue weighted by molar-refractivity contribution is 5.55. The van der Waals surface area contributed by atoms with Crippen LogP contribution in [0.25, 0.3) is 23.2 Å². The van der Waals surface area contributed by atoms with Crippen LogP contribution in [0.1, 0.15) is 25.5 Å². The van der Waals surface area contributed by atoms with Crippen molar-refractivity contribution >= 4 is 0 Å². The summed E-state index contributed by atoms with van der Waals surface area (Å²) < 4.78 is 10.3. The van der Waals surface area contributed by atoms with Gasteiger partial charge in [0.25, 0.3) is 11.8 Å². The van der Waals surface area contributed by atoms with Gasteiger partial charge in [-0.05, 0) is 12.1 Å². The molecule has 0 aliphatic carbocycles. The first kappa shape index (κ1) is 12.5. The third kappa shape index (κ3) is 2.29. The van der Waals surface area contributed by atoms with E-state index in [-0.39, 0.29) is 0 Å². The van der Waals surface area contributed by atoms with Gasteiger partial charge in [-0.25, -0.2) is 4.98 Å². The van der Waals surface area contributed by atoms with Crippen LogP contribution in [0.2, 0.25) is 0 Å². The molecule has 3 heterocycles. The van der Waals surface area contributed by atoms with Crippen LogP contribution in [-0.2, 0) is 12.8 Å². The van der Waals surface area contributed by atoms with Gasteiger partial charge in [0, 0.05) is 12.8 Å². The molecule has 102 valence electrons. The third-order valence-electron chi connectivity index (χ3n) is 2.76. The molecule has 3 aromatic rings. The van der Waals surface area contributed by atoms with Crippen molar-refractivity contribution in [3.63, 3.8) is 0 Å². The van der Waals surface area contributed by atoms with Crippen molar-refractivity contribution in [2.75, 3.05) is 0 Å². The van der Waals surface area contributed by atoms with E-state index in [1.54, 1.807) is 12.1 Å². The van der Waals surface area contributed by atoms with E-state index in [0.717, 1.165) is 0 Å². The summed E-state index contributed by atoms with van der Waals surface area (Å²) in [6.45, 7) is 3.92. The highest BCUT2D eigenvalue weighted by Crippen LogP contribution is 2.20. The largest absolute Gasteiger partial charge is 0.332 e. The zero-order chi connectivity index (χ0) is 13.9. The number of pyridine rings is 1. The van der Waals surface area contributed by atoms with Gasteiger partial charge >= 0.3 is 0 Å². The molecule has 0 amide bonds. The Bertz CT molecular complexity index is 661.